The summed E-state index contributed by atoms with van der Waals surface area (Å²) in [6, 6.07) is 0. The summed E-state index contributed by atoms with van der Waals surface area (Å²) in [6.45, 7) is 3.69. The summed E-state index contributed by atoms with van der Waals surface area (Å²) in [5, 5.41) is 0. The van der Waals surface area contributed by atoms with Crippen LogP contribution in [-0.2, 0) is 14.3 Å². The van der Waals surface area contributed by atoms with E-state index in [1.54, 1.807) is 0 Å². The molecule has 3 nitrogen and oxygen atoms in total. The Hall–Kier alpha value is -1.82. The van der Waals surface area contributed by atoms with E-state index in [4.69, 9.17) is 11.2 Å². The van der Waals surface area contributed by atoms with E-state index in [2.05, 4.69) is 25.0 Å². The van der Waals surface area contributed by atoms with E-state index in [0.29, 0.717) is 30.1 Å². The van der Waals surface area contributed by atoms with Crippen molar-refractivity contribution in [2.75, 3.05) is 0 Å². The van der Waals surface area contributed by atoms with E-state index in [1.807, 2.05) is 6.08 Å². The van der Waals surface area contributed by atoms with Crippen LogP contribution in [-0.4, -0.2) is 17.4 Å². The first kappa shape index (κ1) is 16.6. The van der Waals surface area contributed by atoms with Crippen molar-refractivity contribution in [2.24, 2.45) is 29.1 Å². The van der Waals surface area contributed by atoms with Gasteiger partial charge in [0.2, 0.25) is 0 Å². The van der Waals surface area contributed by atoms with Crippen molar-refractivity contribution in [1.29, 1.82) is 0 Å². The van der Waals surface area contributed by atoms with Gasteiger partial charge in [-0.1, -0.05) is 25.0 Å². The number of carbonyl (C=O) groups excluding carboxylic acids is 2. The molecule has 0 heterocycles. The third-order valence-corrected chi connectivity index (χ3v) is 7.54. The van der Waals surface area contributed by atoms with E-state index in [-0.39, 0.29) is 17.2 Å². The number of allylic oxidation sites excluding steroid dienone is 4. The number of rotatable bonds is 1. The number of carbonyl (C=O) groups is 2. The lowest BCUT2D eigenvalue weighted by Crippen LogP contribution is -2.53. The molecule has 25 heavy (non-hydrogen) atoms. The van der Waals surface area contributed by atoms with Crippen LogP contribution < -0.4 is 0 Å². The minimum Gasteiger partial charge on any atom is -0.445 e. The molecule has 0 aromatic rings. The molecule has 0 radical (unpaired) electrons. The number of hydrogen-bond acceptors (Lipinski definition) is 3. The van der Waals surface area contributed by atoms with Crippen molar-refractivity contribution in [3.8, 4) is 12.3 Å². The molecule has 2 saturated carbocycles. The first-order valence-corrected chi connectivity index (χ1v) is 9.50. The van der Waals surface area contributed by atoms with Gasteiger partial charge >= 0.3 is 5.97 Å². The van der Waals surface area contributed by atoms with E-state index in [1.165, 1.54) is 12.5 Å². The minimum atomic E-state index is -0.763. The fourth-order valence-corrected chi connectivity index (χ4v) is 6.33. The fraction of sp³-hybridized carbons (Fsp3) is 0.636. The van der Waals surface area contributed by atoms with Crippen molar-refractivity contribution in [2.45, 2.75) is 58.0 Å². The van der Waals surface area contributed by atoms with Gasteiger partial charge in [0.15, 0.2) is 11.4 Å². The maximum absolute atomic E-state index is 11.8. The Balaban J connectivity index is 1.69. The highest BCUT2D eigenvalue weighted by Crippen LogP contribution is 2.64. The van der Waals surface area contributed by atoms with E-state index < -0.39 is 5.60 Å². The van der Waals surface area contributed by atoms with Crippen LogP contribution in [0.25, 0.3) is 0 Å². The molecule has 0 aliphatic heterocycles. The Morgan fingerprint density at radius 2 is 2.12 bits per heavy atom. The fourth-order valence-electron chi connectivity index (χ4n) is 6.33. The third-order valence-electron chi connectivity index (χ3n) is 7.54. The van der Waals surface area contributed by atoms with E-state index in [9.17, 15) is 9.59 Å². The van der Waals surface area contributed by atoms with E-state index >= 15 is 0 Å². The number of ether oxygens (including phenoxy) is 1. The molecule has 3 heteroatoms. The molecule has 4 aliphatic carbocycles. The monoisotopic (exact) mass is 338 g/mol. The summed E-state index contributed by atoms with van der Waals surface area (Å²) in [6.07, 6.45) is 17.7. The van der Waals surface area contributed by atoms with Crippen molar-refractivity contribution in [1.82, 2.24) is 0 Å². The van der Waals surface area contributed by atoms with Gasteiger partial charge < -0.3 is 4.74 Å². The first-order chi connectivity index (χ1) is 11.9. The Bertz CT molecular complexity index is 724. The average molecular weight is 338 g/mol. The van der Waals surface area contributed by atoms with Gasteiger partial charge in [0, 0.05) is 18.8 Å². The Kier molecular flexibility index (Phi) is 3.72. The maximum Gasteiger partial charge on any atom is 0.304 e. The van der Waals surface area contributed by atoms with Crippen LogP contribution in [0.1, 0.15) is 52.4 Å². The van der Waals surface area contributed by atoms with Crippen LogP contribution in [0.3, 0.4) is 0 Å². The summed E-state index contributed by atoms with van der Waals surface area (Å²) in [4.78, 5) is 23.5. The molecular formula is C22H26O3. The zero-order chi connectivity index (χ0) is 17.8. The van der Waals surface area contributed by atoms with Gasteiger partial charge in [0.1, 0.15) is 0 Å². The molecule has 0 unspecified atom stereocenters. The molecule has 4 rings (SSSR count). The van der Waals surface area contributed by atoms with Gasteiger partial charge in [-0.05, 0) is 67.4 Å². The normalized spacial score (nSPS) is 44.8. The van der Waals surface area contributed by atoms with Crippen molar-refractivity contribution in [3.05, 3.63) is 23.8 Å². The molecule has 0 aromatic carbocycles. The van der Waals surface area contributed by atoms with Crippen LogP contribution in [0, 0.1) is 41.4 Å². The molecule has 2 fully saturated rings. The predicted molar refractivity (Wildman–Crippen MR) is 95.3 cm³/mol. The molecule has 0 saturated heterocycles. The third kappa shape index (κ3) is 2.26. The second-order valence-electron chi connectivity index (χ2n) is 8.52. The van der Waals surface area contributed by atoms with Crippen molar-refractivity contribution in [3.63, 3.8) is 0 Å². The first-order valence-electron chi connectivity index (χ1n) is 9.50. The smallest absolute Gasteiger partial charge is 0.304 e. The SMILES string of the molecule is C#C[C@]1(OC(C)=O)CC[C@H]2[C@@H]3C=CC4=CC(=O)CC[C@@H]4[C@H]3CC[C@@]21C. The largest absolute Gasteiger partial charge is 0.445 e. The topological polar surface area (TPSA) is 43.4 Å². The number of fused-ring (bicyclic) bond motifs is 5. The van der Waals surface area contributed by atoms with Gasteiger partial charge in [0.05, 0.1) is 0 Å². The number of esters is 1. The highest BCUT2D eigenvalue weighted by atomic mass is 16.6. The number of hydrogen-bond donors (Lipinski definition) is 0. The van der Waals surface area contributed by atoms with Gasteiger partial charge in [-0.15, -0.1) is 6.42 Å². The summed E-state index contributed by atoms with van der Waals surface area (Å²) >= 11 is 0. The molecule has 0 N–H and O–H groups in total. The summed E-state index contributed by atoms with van der Waals surface area (Å²) in [7, 11) is 0. The molecule has 0 amide bonds. The van der Waals surface area contributed by atoms with Crippen LogP contribution in [0.2, 0.25) is 0 Å². The van der Waals surface area contributed by atoms with E-state index in [0.717, 1.165) is 32.1 Å². The highest BCUT2D eigenvalue weighted by Gasteiger charge is 2.63. The Morgan fingerprint density at radius 3 is 2.84 bits per heavy atom. The van der Waals surface area contributed by atoms with Gasteiger partial charge in [-0.25, -0.2) is 0 Å². The van der Waals surface area contributed by atoms with Crippen LogP contribution in [0.5, 0.6) is 0 Å². The quantitative estimate of drug-likeness (QED) is 0.539. The maximum atomic E-state index is 11.8. The predicted octanol–water partition coefficient (Wildman–Crippen LogP) is 3.84. The molecule has 4 aliphatic rings. The summed E-state index contributed by atoms with van der Waals surface area (Å²) in [5.41, 5.74) is 0.299. The second-order valence-corrected chi connectivity index (χ2v) is 8.52. The molecule has 0 bridgehead atoms. The number of terminal acetylenes is 1. The van der Waals surface area contributed by atoms with Crippen LogP contribution >= 0.6 is 0 Å². The van der Waals surface area contributed by atoms with Crippen LogP contribution in [0.4, 0.5) is 0 Å². The van der Waals surface area contributed by atoms with Crippen molar-refractivity contribution >= 4 is 11.8 Å². The van der Waals surface area contributed by atoms with Gasteiger partial charge in [-0.3, -0.25) is 9.59 Å². The number of ketones is 1. The molecule has 0 spiro atoms. The Labute approximate surface area is 149 Å². The molecule has 0 aromatic heterocycles. The lowest BCUT2D eigenvalue weighted by Gasteiger charge is -2.53. The van der Waals surface area contributed by atoms with Crippen molar-refractivity contribution < 1.29 is 14.3 Å². The molecular weight excluding hydrogens is 312 g/mol. The molecule has 132 valence electrons. The zero-order valence-electron chi connectivity index (χ0n) is 15.1. The summed E-state index contributed by atoms with van der Waals surface area (Å²) < 4.78 is 5.77. The standard InChI is InChI=1S/C22H26O3/c1-4-22(25-14(2)23)12-10-20-19-7-5-15-13-16(24)6-8-17(15)18(19)9-11-21(20,22)3/h1,5,7,13,17-20H,6,8-12H2,2-3H3/t17-,18+,19+,20-,21-,22-/m0/s1. The summed E-state index contributed by atoms with van der Waals surface area (Å²) in [5.74, 6) is 4.87. The van der Waals surface area contributed by atoms with Gasteiger partial charge in [-0.2, -0.15) is 0 Å². The average Bonchev–Trinajstić information content (AvgIpc) is 2.87. The second kappa shape index (κ2) is 5.59. The zero-order valence-corrected chi connectivity index (χ0v) is 15.1. The Morgan fingerprint density at radius 1 is 1.32 bits per heavy atom. The lowest BCUT2D eigenvalue weighted by atomic mass is 9.52. The molecule has 6 atom stereocenters. The minimum absolute atomic E-state index is 0.162. The lowest BCUT2D eigenvalue weighted by molar-refractivity contribution is -0.166. The van der Waals surface area contributed by atoms with Gasteiger partial charge in [0.25, 0.3) is 0 Å². The highest BCUT2D eigenvalue weighted by molar-refractivity contribution is 5.91. The van der Waals surface area contributed by atoms with Crippen LogP contribution in [0.15, 0.2) is 23.8 Å².